The summed E-state index contributed by atoms with van der Waals surface area (Å²) in [5, 5.41) is 0.918. The molecule has 2 aromatic heterocycles. The van der Waals surface area contributed by atoms with Gasteiger partial charge in [0.15, 0.2) is 11.6 Å². The van der Waals surface area contributed by atoms with Gasteiger partial charge < -0.3 is 9.55 Å². The molecule has 0 amide bonds. The van der Waals surface area contributed by atoms with E-state index in [4.69, 9.17) is 23.2 Å². The highest BCUT2D eigenvalue weighted by Crippen LogP contribution is 2.40. The van der Waals surface area contributed by atoms with Crippen molar-refractivity contribution in [1.29, 1.82) is 0 Å². The van der Waals surface area contributed by atoms with Crippen LogP contribution in [-0.2, 0) is 6.54 Å². The van der Waals surface area contributed by atoms with Gasteiger partial charge in [-0.25, -0.2) is 17.6 Å². The van der Waals surface area contributed by atoms with Gasteiger partial charge in [0.05, 0.1) is 20.9 Å². The molecule has 2 aliphatic rings. The summed E-state index contributed by atoms with van der Waals surface area (Å²) in [7, 11) is 0. The van der Waals surface area contributed by atoms with E-state index in [0.29, 0.717) is 60.9 Å². The van der Waals surface area contributed by atoms with Gasteiger partial charge in [0, 0.05) is 78.3 Å². The van der Waals surface area contributed by atoms with Crippen LogP contribution in [0.4, 0.5) is 43.9 Å². The number of benzene rings is 2. The number of hydrogen-bond acceptors (Lipinski definition) is 2. The molecular weight excluding hydrogens is 857 g/mol. The van der Waals surface area contributed by atoms with Crippen LogP contribution in [0.1, 0.15) is 97.8 Å². The molecule has 0 spiro atoms. The first-order valence-corrected chi connectivity index (χ1v) is 19.5. The van der Waals surface area contributed by atoms with E-state index in [2.05, 4.69) is 20.9 Å². The molecule has 0 bridgehead atoms. The molecule has 6 rings (SSSR count). The molecule has 0 saturated heterocycles. The van der Waals surface area contributed by atoms with Crippen LogP contribution < -0.4 is 0 Å². The Balaban J connectivity index is 0.000000216. The van der Waals surface area contributed by atoms with Crippen LogP contribution in [0.25, 0.3) is 21.8 Å². The highest BCUT2D eigenvalue weighted by molar-refractivity contribution is 9.09. The number of aromatic amines is 1. The third-order valence-corrected chi connectivity index (χ3v) is 11.1. The second kappa shape index (κ2) is 18.7. The second-order valence-electron chi connectivity index (χ2n) is 14.1. The molecule has 304 valence electrons. The maximum Gasteiger partial charge on any atom is 0.406 e. The molecule has 0 atom stereocenters. The largest absolute Gasteiger partial charge is 0.406 e. The van der Waals surface area contributed by atoms with E-state index in [1.165, 1.54) is 24.4 Å². The Morgan fingerprint density at radius 2 is 1.18 bits per heavy atom. The van der Waals surface area contributed by atoms with E-state index in [-0.39, 0.29) is 71.6 Å². The van der Waals surface area contributed by atoms with Crippen molar-refractivity contribution < 1.29 is 53.5 Å². The lowest BCUT2D eigenvalue weighted by Gasteiger charge is -2.27. The summed E-state index contributed by atoms with van der Waals surface area (Å²) in [5.41, 5.74) is 1.84. The Hall–Kier alpha value is -2.78. The summed E-state index contributed by atoms with van der Waals surface area (Å²) in [4.78, 5) is 28.1. The Kier molecular flexibility index (Phi) is 15.2. The summed E-state index contributed by atoms with van der Waals surface area (Å²) in [5.74, 6) is -5.16. The van der Waals surface area contributed by atoms with Crippen molar-refractivity contribution in [3.8, 4) is 0 Å². The highest BCUT2D eigenvalue weighted by atomic mass is 79.9. The van der Waals surface area contributed by atoms with E-state index in [1.54, 1.807) is 12.3 Å². The zero-order valence-corrected chi connectivity index (χ0v) is 32.4. The molecule has 17 heteroatoms. The molecule has 55 heavy (non-hydrogen) atoms. The summed E-state index contributed by atoms with van der Waals surface area (Å²) < 4.78 is 124. The van der Waals surface area contributed by atoms with Crippen molar-refractivity contribution in [2.24, 2.45) is 11.8 Å². The zero-order valence-electron chi connectivity index (χ0n) is 29.4. The normalized spacial score (nSPS) is 17.7. The number of rotatable bonds is 9. The second-order valence-corrected chi connectivity index (χ2v) is 15.4. The van der Waals surface area contributed by atoms with Gasteiger partial charge in [-0.15, -0.1) is 0 Å². The minimum Gasteiger partial charge on any atom is -0.360 e. The molecule has 2 aromatic carbocycles. The average molecular weight is 897 g/mol. The van der Waals surface area contributed by atoms with Crippen LogP contribution in [0.5, 0.6) is 0 Å². The molecule has 4 nitrogen and oxygen atoms in total. The van der Waals surface area contributed by atoms with Crippen LogP contribution in [-0.4, -0.2) is 50.6 Å². The third-order valence-electron chi connectivity index (χ3n) is 9.84. The Labute approximate surface area is 329 Å². The van der Waals surface area contributed by atoms with Crippen molar-refractivity contribution in [3.05, 3.63) is 70.0 Å². The SMILES string of the molecule is FC(F)(F)CBr.O=C(CCC1CCC(F)(F)CC1)c1c[nH]c2cccc(Cl)c12.O=C(CCC1CCC(F)(F)CC1)c1cn(CC(F)(F)F)c2cccc(Cl)c12. The van der Waals surface area contributed by atoms with Gasteiger partial charge in [-0.2, -0.15) is 26.3 Å². The van der Waals surface area contributed by atoms with Crippen molar-refractivity contribution in [1.82, 2.24) is 9.55 Å². The molecule has 0 radical (unpaired) electrons. The van der Waals surface area contributed by atoms with Crippen LogP contribution in [0, 0.1) is 11.8 Å². The number of Topliss-reactive ketones (excluding diaryl/α,β-unsaturated/α-hetero) is 2. The molecule has 2 aliphatic carbocycles. The maximum absolute atomic E-state index is 13.2. The predicted octanol–water partition coefficient (Wildman–Crippen LogP) is 14.2. The summed E-state index contributed by atoms with van der Waals surface area (Å²) in [6.45, 7) is -1.21. The molecule has 0 unspecified atom stereocenters. The first-order valence-electron chi connectivity index (χ1n) is 17.6. The minimum atomic E-state index is -4.43. The van der Waals surface area contributed by atoms with Crippen molar-refractivity contribution in [2.45, 2.75) is 108 Å². The zero-order chi connectivity index (χ0) is 40.8. The quantitative estimate of drug-likeness (QED) is 0.103. The number of fused-ring (bicyclic) bond motifs is 2. The molecule has 0 aliphatic heterocycles. The number of carbonyl (C=O) groups is 2. The highest BCUT2D eigenvalue weighted by Gasteiger charge is 2.36. The molecule has 2 heterocycles. The summed E-state index contributed by atoms with van der Waals surface area (Å²) in [6.07, 6.45) is -2.70. The number of hydrogen-bond donors (Lipinski definition) is 1. The van der Waals surface area contributed by atoms with E-state index in [0.717, 1.165) is 15.5 Å². The van der Waals surface area contributed by atoms with Gasteiger partial charge in [-0.3, -0.25) is 9.59 Å². The fraction of sp³-hybridized carbons (Fsp3) is 0.526. The monoisotopic (exact) mass is 894 g/mol. The minimum absolute atomic E-state index is 0.0247. The van der Waals surface area contributed by atoms with Crippen LogP contribution >= 0.6 is 39.1 Å². The van der Waals surface area contributed by atoms with Gasteiger partial charge in [-0.1, -0.05) is 51.3 Å². The summed E-state index contributed by atoms with van der Waals surface area (Å²) >= 11 is 14.6. The number of carbonyl (C=O) groups excluding carboxylic acids is 2. The van der Waals surface area contributed by atoms with E-state index >= 15 is 0 Å². The average Bonchev–Trinajstić information content (AvgIpc) is 3.70. The lowest BCUT2D eigenvalue weighted by Crippen LogP contribution is -2.24. The van der Waals surface area contributed by atoms with Gasteiger partial charge in [-0.05, 0) is 74.6 Å². The van der Waals surface area contributed by atoms with Crippen LogP contribution in [0.3, 0.4) is 0 Å². The van der Waals surface area contributed by atoms with Gasteiger partial charge >= 0.3 is 12.4 Å². The lowest BCUT2D eigenvalue weighted by molar-refractivity contribution is -0.139. The number of H-pyrrole nitrogens is 1. The number of ketones is 2. The lowest BCUT2D eigenvalue weighted by atomic mass is 9.83. The third kappa shape index (κ3) is 13.4. The van der Waals surface area contributed by atoms with E-state index < -0.39 is 36.1 Å². The van der Waals surface area contributed by atoms with Crippen molar-refractivity contribution >= 4 is 72.5 Å². The standard InChI is InChI=1S/C19H19ClF5NO.C17H18ClF2NO.C2H2BrF3/c20-14-2-1-3-15-17(14)13(10-26(15)11-19(23,24)25)16(27)5-4-12-6-8-18(21,22)9-7-12;18-13-2-1-3-14-16(13)12(10-21-14)15(22)5-4-11-6-8-17(19,20)9-7-11;3-1-2(4,5)6/h1-3,10,12H,4-9,11H2;1-3,10-11,21H,4-9H2;1H2. The van der Waals surface area contributed by atoms with E-state index in [9.17, 15) is 53.5 Å². The Morgan fingerprint density at radius 3 is 1.65 bits per heavy atom. The van der Waals surface area contributed by atoms with Gasteiger partial charge in [0.2, 0.25) is 11.8 Å². The predicted molar refractivity (Wildman–Crippen MR) is 197 cm³/mol. The van der Waals surface area contributed by atoms with Crippen LogP contribution in [0.15, 0.2) is 48.8 Å². The van der Waals surface area contributed by atoms with Crippen molar-refractivity contribution in [3.63, 3.8) is 0 Å². The smallest absolute Gasteiger partial charge is 0.360 e. The van der Waals surface area contributed by atoms with Crippen LogP contribution in [0.2, 0.25) is 10.0 Å². The van der Waals surface area contributed by atoms with Gasteiger partial charge in [0.1, 0.15) is 6.54 Å². The number of nitrogens with zero attached hydrogens (tertiary/aromatic N) is 1. The molecular formula is C38H39BrCl2F10N2O2. The molecule has 4 aromatic rings. The first-order chi connectivity index (χ1) is 25.6. The first kappa shape index (κ1) is 44.9. The van der Waals surface area contributed by atoms with Gasteiger partial charge in [0.25, 0.3) is 0 Å². The number of alkyl halides is 11. The molecule has 2 fully saturated rings. The topological polar surface area (TPSA) is 54.9 Å². The van der Waals surface area contributed by atoms with Crippen molar-refractivity contribution in [2.75, 3.05) is 5.33 Å². The fourth-order valence-corrected chi connectivity index (χ4v) is 7.47. The summed E-state index contributed by atoms with van der Waals surface area (Å²) in [6, 6.07) is 10.0. The molecule has 1 N–H and O–H groups in total. The Morgan fingerprint density at radius 1 is 0.727 bits per heavy atom. The number of nitrogens with one attached hydrogen (secondary N) is 1. The maximum atomic E-state index is 13.2. The number of aromatic nitrogens is 2. The van der Waals surface area contributed by atoms with E-state index in [1.807, 2.05) is 12.1 Å². The Bertz CT molecular complexity index is 1900. The fourth-order valence-electron chi connectivity index (χ4n) is 6.92. The number of halogens is 13. The molecule has 2 saturated carbocycles.